The number of nitrogens with two attached hydrogens (primary N) is 1. The summed E-state index contributed by atoms with van der Waals surface area (Å²) >= 11 is 0. The Morgan fingerprint density at radius 2 is 2.15 bits per heavy atom. The van der Waals surface area contributed by atoms with E-state index in [1.807, 2.05) is 11.0 Å². The van der Waals surface area contributed by atoms with Crippen LogP contribution < -0.4 is 10.6 Å². The average molecular weight is 276 g/mol. The van der Waals surface area contributed by atoms with E-state index < -0.39 is 10.5 Å². The zero-order chi connectivity index (χ0) is 14.8. The van der Waals surface area contributed by atoms with Crippen molar-refractivity contribution in [3.63, 3.8) is 0 Å². The number of aliphatic hydroxyl groups is 1. The third kappa shape index (κ3) is 2.71. The predicted molar refractivity (Wildman–Crippen MR) is 73.3 cm³/mol. The van der Waals surface area contributed by atoms with Gasteiger partial charge in [-0.3, -0.25) is 10.1 Å². The summed E-state index contributed by atoms with van der Waals surface area (Å²) in [5, 5.41) is 29.2. The van der Waals surface area contributed by atoms with E-state index in [0.29, 0.717) is 31.6 Å². The van der Waals surface area contributed by atoms with Crippen LogP contribution in [0.5, 0.6) is 0 Å². The maximum atomic E-state index is 11.1. The lowest BCUT2D eigenvalue weighted by atomic mass is 9.89. The third-order valence-electron chi connectivity index (χ3n) is 3.72. The van der Waals surface area contributed by atoms with Gasteiger partial charge in [-0.25, -0.2) is 0 Å². The summed E-state index contributed by atoms with van der Waals surface area (Å²) in [7, 11) is 0. The van der Waals surface area contributed by atoms with Crippen LogP contribution in [-0.2, 0) is 0 Å². The molecule has 1 aliphatic rings. The fraction of sp³-hybridized carbons (Fsp3) is 0.462. The second-order valence-electron chi connectivity index (χ2n) is 5.08. The molecule has 2 rings (SSSR count). The van der Waals surface area contributed by atoms with E-state index >= 15 is 0 Å². The van der Waals surface area contributed by atoms with Crippen molar-refractivity contribution in [2.45, 2.75) is 18.4 Å². The summed E-state index contributed by atoms with van der Waals surface area (Å²) in [6.07, 6.45) is 1.14. The Balaban J connectivity index is 2.26. The molecule has 1 heterocycles. The first kappa shape index (κ1) is 14.2. The van der Waals surface area contributed by atoms with Gasteiger partial charge in [0.2, 0.25) is 0 Å². The molecular weight excluding hydrogens is 260 g/mol. The highest BCUT2D eigenvalue weighted by atomic mass is 16.6. The lowest BCUT2D eigenvalue weighted by Crippen LogP contribution is -2.53. The molecule has 1 fully saturated rings. The molecule has 1 aromatic rings. The summed E-state index contributed by atoms with van der Waals surface area (Å²) in [4.78, 5) is 12.5. The van der Waals surface area contributed by atoms with E-state index in [0.717, 1.165) is 0 Å². The Hall–Kier alpha value is -2.17. The molecule has 106 valence electrons. The molecule has 3 N–H and O–H groups in total. The number of anilines is 1. The molecule has 0 bridgehead atoms. The molecule has 7 nitrogen and oxygen atoms in total. The molecule has 1 aliphatic heterocycles. The van der Waals surface area contributed by atoms with Crippen LogP contribution in [0.15, 0.2) is 18.2 Å². The van der Waals surface area contributed by atoms with E-state index in [1.165, 1.54) is 6.07 Å². The van der Waals surface area contributed by atoms with Crippen LogP contribution in [0.3, 0.4) is 0 Å². The topological polar surface area (TPSA) is 116 Å². The molecule has 0 atom stereocenters. The third-order valence-corrected chi connectivity index (χ3v) is 3.72. The number of benzene rings is 1. The molecule has 1 aromatic carbocycles. The number of nitro groups is 1. The van der Waals surface area contributed by atoms with Gasteiger partial charge >= 0.3 is 0 Å². The van der Waals surface area contributed by atoms with Crippen LogP contribution in [0.2, 0.25) is 0 Å². The molecule has 0 amide bonds. The fourth-order valence-electron chi connectivity index (χ4n) is 2.36. The van der Waals surface area contributed by atoms with Crippen molar-refractivity contribution < 1.29 is 10.0 Å². The summed E-state index contributed by atoms with van der Waals surface area (Å²) < 4.78 is 0. The quantitative estimate of drug-likeness (QED) is 0.621. The molecule has 0 radical (unpaired) electrons. The Bertz CT molecular complexity index is 559. The van der Waals surface area contributed by atoms with Crippen molar-refractivity contribution in [2.24, 2.45) is 5.73 Å². The largest absolute Gasteiger partial charge is 0.394 e. The maximum absolute atomic E-state index is 11.1. The zero-order valence-electron chi connectivity index (χ0n) is 11.0. The van der Waals surface area contributed by atoms with Crippen molar-refractivity contribution in [1.29, 1.82) is 5.26 Å². The Morgan fingerprint density at radius 3 is 2.65 bits per heavy atom. The minimum Gasteiger partial charge on any atom is -0.394 e. The van der Waals surface area contributed by atoms with E-state index in [2.05, 4.69) is 0 Å². The van der Waals surface area contributed by atoms with Gasteiger partial charge in [0.15, 0.2) is 0 Å². The first-order chi connectivity index (χ1) is 9.49. The molecule has 1 saturated heterocycles. The van der Waals surface area contributed by atoms with Gasteiger partial charge in [-0.2, -0.15) is 5.26 Å². The van der Waals surface area contributed by atoms with Crippen molar-refractivity contribution in [2.75, 3.05) is 24.6 Å². The Kier molecular flexibility index (Phi) is 3.88. The second-order valence-corrected chi connectivity index (χ2v) is 5.08. The van der Waals surface area contributed by atoms with Gasteiger partial charge in [0, 0.05) is 24.7 Å². The molecule has 0 aliphatic carbocycles. The normalized spacial score (nSPS) is 17.6. The smallest absolute Gasteiger partial charge is 0.293 e. The first-order valence-electron chi connectivity index (χ1n) is 6.32. The number of piperidine rings is 1. The second kappa shape index (κ2) is 5.45. The number of aliphatic hydroxyl groups excluding tert-OH is 1. The number of nitro benzene ring substituents is 1. The monoisotopic (exact) mass is 276 g/mol. The Labute approximate surface area is 116 Å². The standard InChI is InChI=1S/C13H16N4O3/c14-8-10-1-2-11(12(7-10)17(19)20)16-5-3-13(15,9-18)4-6-16/h1-2,7,18H,3-6,9,15H2. The summed E-state index contributed by atoms with van der Waals surface area (Å²) in [5.41, 5.74) is 6.08. The van der Waals surface area contributed by atoms with E-state index in [1.54, 1.807) is 12.1 Å². The van der Waals surface area contributed by atoms with Crippen LogP contribution in [0.1, 0.15) is 18.4 Å². The van der Waals surface area contributed by atoms with E-state index in [9.17, 15) is 15.2 Å². The first-order valence-corrected chi connectivity index (χ1v) is 6.32. The van der Waals surface area contributed by atoms with Gasteiger partial charge in [-0.1, -0.05) is 0 Å². The predicted octanol–water partition coefficient (Wildman–Crippen LogP) is 0.756. The van der Waals surface area contributed by atoms with Crippen LogP contribution in [0, 0.1) is 21.4 Å². The Morgan fingerprint density at radius 1 is 1.50 bits per heavy atom. The molecule has 0 spiro atoms. The number of nitriles is 1. The molecule has 0 aromatic heterocycles. The van der Waals surface area contributed by atoms with Gasteiger partial charge < -0.3 is 15.7 Å². The molecular formula is C13H16N4O3. The highest BCUT2D eigenvalue weighted by molar-refractivity contribution is 5.65. The molecule has 0 saturated carbocycles. The van der Waals surface area contributed by atoms with Gasteiger partial charge in [0.05, 0.1) is 23.2 Å². The lowest BCUT2D eigenvalue weighted by Gasteiger charge is -2.38. The van der Waals surface area contributed by atoms with Gasteiger partial charge in [-0.05, 0) is 25.0 Å². The highest BCUT2D eigenvalue weighted by Crippen LogP contribution is 2.32. The number of hydrogen-bond acceptors (Lipinski definition) is 6. The SMILES string of the molecule is N#Cc1ccc(N2CCC(N)(CO)CC2)c([N+](=O)[O-])c1. The van der Waals surface area contributed by atoms with Gasteiger partial charge in [0.1, 0.15) is 5.69 Å². The van der Waals surface area contributed by atoms with Crippen molar-refractivity contribution in [3.8, 4) is 6.07 Å². The van der Waals surface area contributed by atoms with Crippen LogP contribution >= 0.6 is 0 Å². The summed E-state index contributed by atoms with van der Waals surface area (Å²) in [6.45, 7) is 1.00. The zero-order valence-corrected chi connectivity index (χ0v) is 11.0. The summed E-state index contributed by atoms with van der Waals surface area (Å²) in [5.74, 6) is 0. The van der Waals surface area contributed by atoms with Crippen molar-refractivity contribution in [3.05, 3.63) is 33.9 Å². The van der Waals surface area contributed by atoms with Crippen molar-refractivity contribution >= 4 is 11.4 Å². The number of hydrogen-bond donors (Lipinski definition) is 2. The van der Waals surface area contributed by atoms with Crippen LogP contribution in [0.4, 0.5) is 11.4 Å². The van der Waals surface area contributed by atoms with Gasteiger partial charge in [-0.15, -0.1) is 0 Å². The maximum Gasteiger partial charge on any atom is 0.293 e. The minimum atomic E-state index is -0.599. The molecule has 7 heteroatoms. The van der Waals surface area contributed by atoms with Crippen molar-refractivity contribution in [1.82, 2.24) is 0 Å². The van der Waals surface area contributed by atoms with Crippen LogP contribution in [-0.4, -0.2) is 35.3 Å². The van der Waals surface area contributed by atoms with Crippen LogP contribution in [0.25, 0.3) is 0 Å². The molecule has 20 heavy (non-hydrogen) atoms. The lowest BCUT2D eigenvalue weighted by molar-refractivity contribution is -0.384. The highest BCUT2D eigenvalue weighted by Gasteiger charge is 2.32. The number of nitrogens with zero attached hydrogens (tertiary/aromatic N) is 3. The minimum absolute atomic E-state index is 0.0717. The summed E-state index contributed by atoms with van der Waals surface area (Å²) in [6, 6.07) is 6.35. The van der Waals surface area contributed by atoms with E-state index in [-0.39, 0.29) is 17.9 Å². The number of rotatable bonds is 3. The average Bonchev–Trinajstić information content (AvgIpc) is 2.47. The van der Waals surface area contributed by atoms with E-state index in [4.69, 9.17) is 11.0 Å². The van der Waals surface area contributed by atoms with Gasteiger partial charge in [0.25, 0.3) is 5.69 Å². The molecule has 0 unspecified atom stereocenters. The fourth-order valence-corrected chi connectivity index (χ4v) is 2.36.